The van der Waals surface area contributed by atoms with E-state index >= 15 is 0 Å². The molecule has 1 saturated carbocycles. The SMILES string of the molecule is Cc1ccc(-c2nc(CNC(=O)CC3(O)CCCC3)co2)cc1. The second kappa shape index (κ2) is 6.54. The largest absolute Gasteiger partial charge is 0.444 e. The Bertz CT molecular complexity index is 670. The second-order valence-electron chi connectivity index (χ2n) is 6.39. The summed E-state index contributed by atoms with van der Waals surface area (Å²) in [4.78, 5) is 16.3. The molecule has 0 spiro atoms. The van der Waals surface area contributed by atoms with Gasteiger partial charge < -0.3 is 14.8 Å². The number of aromatic nitrogens is 1. The van der Waals surface area contributed by atoms with Crippen LogP contribution >= 0.6 is 0 Å². The highest BCUT2D eigenvalue weighted by Gasteiger charge is 2.33. The molecule has 1 aliphatic carbocycles. The zero-order chi connectivity index (χ0) is 16.3. The molecule has 23 heavy (non-hydrogen) atoms. The van der Waals surface area contributed by atoms with E-state index in [9.17, 15) is 9.90 Å². The van der Waals surface area contributed by atoms with Crippen LogP contribution in [0.3, 0.4) is 0 Å². The molecule has 3 rings (SSSR count). The molecule has 1 aromatic carbocycles. The molecule has 2 aromatic rings. The molecular weight excluding hydrogens is 292 g/mol. The highest BCUT2D eigenvalue weighted by Crippen LogP contribution is 2.32. The monoisotopic (exact) mass is 314 g/mol. The number of amides is 1. The molecule has 2 N–H and O–H groups in total. The van der Waals surface area contributed by atoms with E-state index < -0.39 is 5.60 Å². The first-order valence-electron chi connectivity index (χ1n) is 8.05. The predicted molar refractivity (Wildman–Crippen MR) is 86.6 cm³/mol. The fraction of sp³-hybridized carbons (Fsp3) is 0.444. The van der Waals surface area contributed by atoms with E-state index in [0.717, 1.165) is 18.4 Å². The molecule has 1 aromatic heterocycles. The summed E-state index contributed by atoms with van der Waals surface area (Å²) in [7, 11) is 0. The summed E-state index contributed by atoms with van der Waals surface area (Å²) in [5.41, 5.74) is 1.94. The first-order valence-corrected chi connectivity index (χ1v) is 8.05. The normalized spacial score (nSPS) is 16.4. The van der Waals surface area contributed by atoms with Gasteiger partial charge in [0.2, 0.25) is 11.8 Å². The van der Waals surface area contributed by atoms with Crippen LogP contribution < -0.4 is 5.32 Å². The molecule has 1 amide bonds. The van der Waals surface area contributed by atoms with Crippen molar-refractivity contribution in [2.75, 3.05) is 0 Å². The van der Waals surface area contributed by atoms with Crippen LogP contribution in [-0.2, 0) is 11.3 Å². The van der Waals surface area contributed by atoms with Gasteiger partial charge in [0, 0.05) is 5.56 Å². The lowest BCUT2D eigenvalue weighted by atomic mass is 9.98. The van der Waals surface area contributed by atoms with Crippen molar-refractivity contribution in [3.05, 3.63) is 41.8 Å². The van der Waals surface area contributed by atoms with Gasteiger partial charge in [0.25, 0.3) is 0 Å². The fourth-order valence-electron chi connectivity index (χ4n) is 2.98. The average Bonchev–Trinajstić information content (AvgIpc) is 3.15. The number of nitrogens with one attached hydrogen (secondary N) is 1. The molecule has 0 aliphatic heterocycles. The Morgan fingerprint density at radius 3 is 2.70 bits per heavy atom. The van der Waals surface area contributed by atoms with E-state index in [1.165, 1.54) is 5.56 Å². The topological polar surface area (TPSA) is 75.4 Å². The molecule has 0 unspecified atom stereocenters. The minimum absolute atomic E-state index is 0.144. The lowest BCUT2D eigenvalue weighted by molar-refractivity contribution is -0.126. The Hall–Kier alpha value is -2.14. The van der Waals surface area contributed by atoms with Gasteiger partial charge in [0.05, 0.1) is 24.3 Å². The third kappa shape index (κ3) is 3.99. The standard InChI is InChI=1S/C18H22N2O3/c1-13-4-6-14(7-5-13)17-20-15(12-23-17)11-19-16(21)10-18(22)8-2-3-9-18/h4-7,12,22H,2-3,8-11H2,1H3,(H,19,21). The summed E-state index contributed by atoms with van der Waals surface area (Å²) in [5, 5.41) is 13.0. The van der Waals surface area contributed by atoms with Gasteiger partial charge in [-0.05, 0) is 31.9 Å². The maximum Gasteiger partial charge on any atom is 0.226 e. The smallest absolute Gasteiger partial charge is 0.226 e. The zero-order valence-corrected chi connectivity index (χ0v) is 13.3. The van der Waals surface area contributed by atoms with E-state index in [2.05, 4.69) is 10.3 Å². The van der Waals surface area contributed by atoms with Crippen molar-refractivity contribution >= 4 is 5.91 Å². The fourth-order valence-corrected chi connectivity index (χ4v) is 2.98. The third-order valence-electron chi connectivity index (χ3n) is 4.34. The van der Waals surface area contributed by atoms with Crippen LogP contribution in [0, 0.1) is 6.92 Å². The molecule has 1 fully saturated rings. The van der Waals surface area contributed by atoms with Gasteiger partial charge in [-0.1, -0.05) is 30.5 Å². The Labute approximate surface area is 135 Å². The Kier molecular flexibility index (Phi) is 4.48. The van der Waals surface area contributed by atoms with Gasteiger partial charge in [-0.3, -0.25) is 4.79 Å². The van der Waals surface area contributed by atoms with Crippen LogP contribution in [0.15, 0.2) is 34.9 Å². The van der Waals surface area contributed by atoms with Crippen molar-refractivity contribution in [3.63, 3.8) is 0 Å². The van der Waals surface area contributed by atoms with E-state index in [4.69, 9.17) is 4.42 Å². The number of aliphatic hydroxyl groups is 1. The van der Waals surface area contributed by atoms with Crippen molar-refractivity contribution in [2.24, 2.45) is 0 Å². The Morgan fingerprint density at radius 2 is 2.00 bits per heavy atom. The molecule has 0 atom stereocenters. The maximum absolute atomic E-state index is 12.0. The van der Waals surface area contributed by atoms with E-state index in [1.807, 2.05) is 31.2 Å². The van der Waals surface area contributed by atoms with Crippen LogP contribution in [0.1, 0.15) is 43.4 Å². The van der Waals surface area contributed by atoms with E-state index in [-0.39, 0.29) is 12.3 Å². The quantitative estimate of drug-likeness (QED) is 0.889. The number of rotatable bonds is 5. The van der Waals surface area contributed by atoms with Crippen LogP contribution in [0.2, 0.25) is 0 Å². The minimum atomic E-state index is -0.818. The summed E-state index contributed by atoms with van der Waals surface area (Å²) in [6.07, 6.45) is 5.12. The highest BCUT2D eigenvalue weighted by atomic mass is 16.3. The summed E-state index contributed by atoms with van der Waals surface area (Å²) in [5.74, 6) is 0.401. The average molecular weight is 314 g/mol. The van der Waals surface area contributed by atoms with Crippen LogP contribution in [0.4, 0.5) is 0 Å². The first kappa shape index (κ1) is 15.7. The molecule has 0 radical (unpaired) electrons. The lowest BCUT2D eigenvalue weighted by Crippen LogP contribution is -2.34. The predicted octanol–water partition coefficient (Wildman–Crippen LogP) is 2.96. The summed E-state index contributed by atoms with van der Waals surface area (Å²) >= 11 is 0. The summed E-state index contributed by atoms with van der Waals surface area (Å²) < 4.78 is 5.46. The molecule has 122 valence electrons. The zero-order valence-electron chi connectivity index (χ0n) is 13.3. The number of hydrogen-bond donors (Lipinski definition) is 2. The highest BCUT2D eigenvalue weighted by molar-refractivity contribution is 5.77. The minimum Gasteiger partial charge on any atom is -0.444 e. The van der Waals surface area contributed by atoms with Crippen molar-refractivity contribution in [1.29, 1.82) is 0 Å². The van der Waals surface area contributed by atoms with Crippen LogP contribution in [0.5, 0.6) is 0 Å². The number of aryl methyl sites for hydroxylation is 1. The number of nitrogens with zero attached hydrogens (tertiary/aromatic N) is 1. The van der Waals surface area contributed by atoms with Gasteiger partial charge in [0.1, 0.15) is 6.26 Å². The number of hydrogen-bond acceptors (Lipinski definition) is 4. The van der Waals surface area contributed by atoms with Crippen molar-refractivity contribution < 1.29 is 14.3 Å². The second-order valence-corrected chi connectivity index (χ2v) is 6.39. The Morgan fingerprint density at radius 1 is 1.30 bits per heavy atom. The van der Waals surface area contributed by atoms with Crippen molar-refractivity contribution in [1.82, 2.24) is 10.3 Å². The molecule has 0 saturated heterocycles. The van der Waals surface area contributed by atoms with Gasteiger partial charge in [-0.15, -0.1) is 0 Å². The van der Waals surface area contributed by atoms with Gasteiger partial charge in [-0.25, -0.2) is 4.98 Å². The first-order chi connectivity index (χ1) is 11.0. The number of benzene rings is 1. The van der Waals surface area contributed by atoms with Crippen molar-refractivity contribution in [2.45, 2.75) is 51.2 Å². The molecular formula is C18H22N2O3. The molecule has 1 aliphatic rings. The Balaban J connectivity index is 1.55. The number of carbonyl (C=O) groups excluding carboxylic acids is 1. The number of oxazole rings is 1. The molecule has 5 nitrogen and oxygen atoms in total. The third-order valence-corrected chi connectivity index (χ3v) is 4.34. The maximum atomic E-state index is 12.0. The lowest BCUT2D eigenvalue weighted by Gasteiger charge is -2.20. The van der Waals surface area contributed by atoms with Gasteiger partial charge in [0.15, 0.2) is 0 Å². The summed E-state index contributed by atoms with van der Waals surface area (Å²) in [6.45, 7) is 2.34. The van der Waals surface area contributed by atoms with Crippen LogP contribution in [0.25, 0.3) is 11.5 Å². The van der Waals surface area contributed by atoms with Crippen molar-refractivity contribution in [3.8, 4) is 11.5 Å². The molecule has 1 heterocycles. The number of carbonyl (C=O) groups is 1. The van der Waals surface area contributed by atoms with Crippen LogP contribution in [-0.4, -0.2) is 21.6 Å². The summed E-state index contributed by atoms with van der Waals surface area (Å²) in [6, 6.07) is 7.92. The molecule has 0 bridgehead atoms. The van der Waals surface area contributed by atoms with E-state index in [0.29, 0.717) is 31.0 Å². The van der Waals surface area contributed by atoms with Gasteiger partial charge >= 0.3 is 0 Å². The van der Waals surface area contributed by atoms with E-state index in [1.54, 1.807) is 6.26 Å². The molecule has 5 heteroatoms. The van der Waals surface area contributed by atoms with Gasteiger partial charge in [-0.2, -0.15) is 0 Å².